The van der Waals surface area contributed by atoms with Crippen LogP contribution in [0.5, 0.6) is 0 Å². The topological polar surface area (TPSA) is 103 Å². The van der Waals surface area contributed by atoms with Crippen LogP contribution in [0.4, 0.5) is 19.0 Å². The van der Waals surface area contributed by atoms with Crippen molar-refractivity contribution in [1.29, 1.82) is 0 Å². The van der Waals surface area contributed by atoms with Gasteiger partial charge in [-0.3, -0.25) is 0 Å². The number of alkyl halides is 3. The van der Waals surface area contributed by atoms with E-state index in [2.05, 4.69) is 15.3 Å². The normalized spacial score (nSPS) is 15.6. The summed E-state index contributed by atoms with van der Waals surface area (Å²) in [5, 5.41) is 2.99. The van der Waals surface area contributed by atoms with Gasteiger partial charge in [0.15, 0.2) is 5.82 Å². The van der Waals surface area contributed by atoms with Gasteiger partial charge >= 0.3 is 5.51 Å². The Morgan fingerprint density at radius 1 is 1.24 bits per heavy atom. The Morgan fingerprint density at radius 2 is 2.00 bits per heavy atom. The van der Waals surface area contributed by atoms with E-state index in [9.17, 15) is 21.6 Å². The number of nitrogens with one attached hydrogen (secondary N) is 1. The number of nitrogen functional groups attached to an aromatic ring is 1. The Labute approximate surface area is 139 Å². The van der Waals surface area contributed by atoms with Crippen molar-refractivity contribution in [3.8, 4) is 0 Å². The lowest BCUT2D eigenvalue weighted by atomic mass is 10.2. The number of nitrogens with two attached hydrogens (primary N) is 1. The smallest absolute Gasteiger partial charge is 0.382 e. The molecule has 0 unspecified atom stereocenters. The Hall–Kier alpha value is -2.40. The minimum atomic E-state index is -5.55. The number of imidazole rings is 1. The highest BCUT2D eigenvalue weighted by Crippen LogP contribution is 2.38. The van der Waals surface area contributed by atoms with E-state index in [4.69, 9.17) is 5.73 Å². The summed E-state index contributed by atoms with van der Waals surface area (Å²) in [6.07, 6.45) is 0. The molecule has 0 fully saturated rings. The van der Waals surface area contributed by atoms with Gasteiger partial charge in [-0.1, -0.05) is 6.07 Å². The molecule has 3 heterocycles. The van der Waals surface area contributed by atoms with E-state index in [-0.39, 0.29) is 27.8 Å². The minimum absolute atomic E-state index is 0.0472. The first-order valence-corrected chi connectivity index (χ1v) is 8.79. The van der Waals surface area contributed by atoms with Gasteiger partial charge in [0.05, 0.1) is 22.5 Å². The van der Waals surface area contributed by atoms with E-state index in [0.29, 0.717) is 25.5 Å². The molecule has 0 atom stereocenters. The van der Waals surface area contributed by atoms with Crippen molar-refractivity contribution in [1.82, 2.24) is 19.9 Å². The van der Waals surface area contributed by atoms with Gasteiger partial charge in [-0.15, -0.1) is 0 Å². The van der Waals surface area contributed by atoms with Crippen LogP contribution in [0.15, 0.2) is 23.1 Å². The van der Waals surface area contributed by atoms with Crippen molar-refractivity contribution in [3.63, 3.8) is 0 Å². The number of benzene rings is 1. The molecule has 1 aliphatic rings. The van der Waals surface area contributed by atoms with Crippen LogP contribution < -0.4 is 11.1 Å². The first kappa shape index (κ1) is 16.1. The summed E-state index contributed by atoms with van der Waals surface area (Å²) in [5.41, 5.74) is 1.04. The molecule has 7 nitrogen and oxygen atoms in total. The van der Waals surface area contributed by atoms with Crippen molar-refractivity contribution in [2.75, 3.05) is 12.3 Å². The van der Waals surface area contributed by atoms with Crippen LogP contribution in [0, 0.1) is 0 Å². The summed E-state index contributed by atoms with van der Waals surface area (Å²) in [7, 11) is -5.55. The van der Waals surface area contributed by atoms with Gasteiger partial charge in [-0.25, -0.2) is 18.4 Å². The van der Waals surface area contributed by atoms with Gasteiger partial charge in [-0.2, -0.15) is 13.2 Å². The number of anilines is 1. The fourth-order valence-electron chi connectivity index (χ4n) is 3.08. The van der Waals surface area contributed by atoms with Gasteiger partial charge < -0.3 is 15.6 Å². The zero-order chi connectivity index (χ0) is 18.0. The third-order valence-electron chi connectivity index (χ3n) is 4.16. The van der Waals surface area contributed by atoms with Crippen LogP contribution in [0.25, 0.3) is 21.9 Å². The zero-order valence-corrected chi connectivity index (χ0v) is 13.4. The van der Waals surface area contributed by atoms with Crippen LogP contribution in [0.2, 0.25) is 0 Å². The highest BCUT2D eigenvalue weighted by Gasteiger charge is 2.48. The highest BCUT2D eigenvalue weighted by atomic mass is 32.2. The van der Waals surface area contributed by atoms with Crippen molar-refractivity contribution in [2.45, 2.75) is 23.5 Å². The van der Waals surface area contributed by atoms with E-state index < -0.39 is 20.2 Å². The van der Waals surface area contributed by atoms with E-state index >= 15 is 0 Å². The highest BCUT2D eigenvalue weighted by molar-refractivity contribution is 7.92. The van der Waals surface area contributed by atoms with Crippen LogP contribution in [-0.2, 0) is 22.9 Å². The molecule has 132 valence electrons. The SMILES string of the molecule is Nc1nc2cccc(S(=O)(=O)C(F)(F)F)c2c2c1nc1n2CCNC1. The maximum Gasteiger partial charge on any atom is 0.501 e. The number of sulfone groups is 1. The number of fused-ring (bicyclic) bond motifs is 5. The van der Waals surface area contributed by atoms with Gasteiger partial charge in [0, 0.05) is 18.5 Å². The lowest BCUT2D eigenvalue weighted by Crippen LogP contribution is -2.28. The Bertz CT molecular complexity index is 1120. The van der Waals surface area contributed by atoms with Crippen molar-refractivity contribution >= 4 is 37.6 Å². The molecule has 0 saturated carbocycles. The molecule has 0 radical (unpaired) electrons. The second-order valence-corrected chi connectivity index (χ2v) is 7.56. The van der Waals surface area contributed by atoms with E-state index in [1.807, 2.05) is 0 Å². The number of aromatic nitrogens is 3. The standard InChI is InChI=1S/C14H12F3N5O2S/c15-14(16,17)25(23,24)8-3-1-2-7-10(8)12-11(13(18)20-7)21-9-6-19-4-5-22(9)12/h1-3,19H,4-6H2,(H2,18,20). The number of rotatable bonds is 1. The van der Waals surface area contributed by atoms with E-state index in [1.165, 1.54) is 12.1 Å². The molecule has 25 heavy (non-hydrogen) atoms. The molecule has 3 N–H and O–H groups in total. The van der Waals surface area contributed by atoms with Gasteiger partial charge in [0.25, 0.3) is 9.84 Å². The molecule has 1 aliphatic heterocycles. The van der Waals surface area contributed by atoms with Crippen LogP contribution in [0.3, 0.4) is 0 Å². The lowest BCUT2D eigenvalue weighted by Gasteiger charge is -2.17. The fourth-order valence-corrected chi connectivity index (χ4v) is 4.06. The molecule has 4 rings (SSSR count). The second kappa shape index (κ2) is 5.05. The number of halogens is 3. The maximum atomic E-state index is 13.1. The summed E-state index contributed by atoms with van der Waals surface area (Å²) in [5.74, 6) is 0.618. The monoisotopic (exact) mass is 371 g/mol. The molecule has 0 bridgehead atoms. The molecule has 3 aromatic rings. The fraction of sp³-hybridized carbons (Fsp3) is 0.286. The Morgan fingerprint density at radius 3 is 2.72 bits per heavy atom. The molecule has 0 spiro atoms. The van der Waals surface area contributed by atoms with Gasteiger partial charge in [0.1, 0.15) is 11.3 Å². The molecule has 0 aliphatic carbocycles. The second-order valence-electron chi connectivity index (χ2n) is 5.65. The summed E-state index contributed by atoms with van der Waals surface area (Å²) >= 11 is 0. The number of hydrogen-bond acceptors (Lipinski definition) is 6. The number of hydrogen-bond donors (Lipinski definition) is 2. The van der Waals surface area contributed by atoms with Crippen molar-refractivity contribution in [3.05, 3.63) is 24.0 Å². The first-order valence-electron chi connectivity index (χ1n) is 7.31. The minimum Gasteiger partial charge on any atom is -0.382 e. The summed E-state index contributed by atoms with van der Waals surface area (Å²) in [6.45, 7) is 1.42. The van der Waals surface area contributed by atoms with E-state index in [0.717, 1.165) is 6.07 Å². The zero-order valence-electron chi connectivity index (χ0n) is 12.6. The third kappa shape index (κ3) is 2.19. The molecule has 11 heteroatoms. The Balaban J connectivity index is 2.22. The van der Waals surface area contributed by atoms with Gasteiger partial charge in [-0.05, 0) is 12.1 Å². The predicted octanol–water partition coefficient (Wildman–Crippen LogP) is 1.56. The average Bonchev–Trinajstić information content (AvgIpc) is 2.93. The lowest BCUT2D eigenvalue weighted by molar-refractivity contribution is -0.0435. The van der Waals surface area contributed by atoms with Crippen LogP contribution in [-0.4, -0.2) is 35.0 Å². The predicted molar refractivity (Wildman–Crippen MR) is 84.4 cm³/mol. The molecule has 0 amide bonds. The quantitative estimate of drug-likeness (QED) is 0.673. The van der Waals surface area contributed by atoms with Crippen molar-refractivity contribution in [2.24, 2.45) is 0 Å². The molecule has 1 aromatic carbocycles. The maximum absolute atomic E-state index is 13.1. The first-order chi connectivity index (χ1) is 11.7. The van der Waals surface area contributed by atoms with E-state index in [1.54, 1.807) is 4.57 Å². The third-order valence-corrected chi connectivity index (χ3v) is 5.69. The number of nitrogens with zero attached hydrogens (tertiary/aromatic N) is 3. The van der Waals surface area contributed by atoms with Gasteiger partial charge in [0.2, 0.25) is 0 Å². The molecule has 0 saturated heterocycles. The van der Waals surface area contributed by atoms with Crippen LogP contribution >= 0.6 is 0 Å². The molecular formula is C14H12F3N5O2S. The Kier molecular flexibility index (Phi) is 3.25. The molecular weight excluding hydrogens is 359 g/mol. The number of pyridine rings is 1. The summed E-state index contributed by atoms with van der Waals surface area (Å²) in [4.78, 5) is 7.54. The van der Waals surface area contributed by atoms with Crippen molar-refractivity contribution < 1.29 is 21.6 Å². The summed E-state index contributed by atoms with van der Waals surface area (Å²) in [6, 6.07) is 3.58. The summed E-state index contributed by atoms with van der Waals surface area (Å²) < 4.78 is 65.2. The van der Waals surface area contributed by atoms with Crippen LogP contribution in [0.1, 0.15) is 5.82 Å². The molecule has 2 aromatic heterocycles. The average molecular weight is 371 g/mol. The largest absolute Gasteiger partial charge is 0.501 e.